The first-order chi connectivity index (χ1) is 26.9. The third-order valence-electron chi connectivity index (χ3n) is 8.57. The van der Waals surface area contributed by atoms with E-state index in [0.29, 0.717) is 15.6 Å². The number of rotatable bonds is 16. The van der Waals surface area contributed by atoms with Crippen molar-refractivity contribution in [2.45, 2.75) is 28.7 Å². The number of benzene rings is 2. The maximum Gasteiger partial charge on any atom is 0.352 e. The molecule has 0 aliphatic carbocycles. The molecular weight excluding hydrogens is 787 g/mol. The van der Waals surface area contributed by atoms with Gasteiger partial charge in [-0.25, -0.2) is 4.79 Å². The highest BCUT2D eigenvalue weighted by atomic mass is 32.2. The number of H-pyrrole nitrogens is 1. The Labute approximate surface area is 330 Å². The number of carbonyl (C=O) groups is 5. The second-order valence-electron chi connectivity index (χ2n) is 12.4. The maximum atomic E-state index is 13.8. The number of phenols is 1. The lowest BCUT2D eigenvalue weighted by Gasteiger charge is -2.49. The first-order valence-electron chi connectivity index (χ1n) is 17.0. The van der Waals surface area contributed by atoms with Crippen molar-refractivity contribution in [2.75, 3.05) is 37.9 Å². The van der Waals surface area contributed by atoms with Crippen molar-refractivity contribution in [3.63, 3.8) is 0 Å². The third-order valence-corrected chi connectivity index (χ3v) is 12.0. The van der Waals surface area contributed by atoms with Crippen LogP contribution in [0.4, 0.5) is 0 Å². The molecule has 1 saturated heterocycles. The number of β-lactam (4-membered cyclic amide) rings is 1. The van der Waals surface area contributed by atoms with Crippen LogP contribution < -0.4 is 21.5 Å². The Bertz CT molecular complexity index is 2230. The van der Waals surface area contributed by atoms with Crippen molar-refractivity contribution >= 4 is 64.5 Å². The summed E-state index contributed by atoms with van der Waals surface area (Å²) in [5.41, 5.74) is 1.75. The lowest BCUT2D eigenvalue weighted by molar-refractivity contribution is -0.151. The average molecular weight is 822 g/mol. The molecule has 4 heterocycles. The van der Waals surface area contributed by atoms with Crippen LogP contribution in [0.1, 0.15) is 37.3 Å². The van der Waals surface area contributed by atoms with Crippen LogP contribution in [-0.2, 0) is 19.1 Å². The zero-order valence-electron chi connectivity index (χ0n) is 29.5. The molecule has 292 valence electrons. The molecule has 3 atom stereocenters. The van der Waals surface area contributed by atoms with Crippen LogP contribution in [-0.4, -0.2) is 114 Å². The van der Waals surface area contributed by atoms with Gasteiger partial charge in [-0.1, -0.05) is 65.1 Å². The Kier molecular flexibility index (Phi) is 12.9. The molecule has 2 aliphatic heterocycles. The predicted octanol–water partition coefficient (Wildman–Crippen LogP) is 1.65. The number of amides is 4. The quantitative estimate of drug-likeness (QED) is 0.0482. The van der Waals surface area contributed by atoms with Crippen LogP contribution in [0.15, 0.2) is 81.1 Å². The normalized spacial score (nSPS) is 16.8. The number of phenolic OH excluding ortho intramolecular Hbond substituents is 1. The van der Waals surface area contributed by atoms with E-state index in [1.54, 1.807) is 6.07 Å². The van der Waals surface area contributed by atoms with Crippen molar-refractivity contribution in [1.82, 2.24) is 36.0 Å². The summed E-state index contributed by atoms with van der Waals surface area (Å²) < 4.78 is 5.51. The topological polar surface area (TPSA) is 253 Å². The summed E-state index contributed by atoms with van der Waals surface area (Å²) in [5, 5.41) is 43.8. The van der Waals surface area contributed by atoms with Crippen LogP contribution in [0, 0.1) is 6.92 Å². The standard InChI is InChI=1S/C36H35N7O10S3/c1-18-2-4-19(5-3-18)24-11-10-23(28(46)38-24)29(47)39-25(20-6-8-22(45)9-7-20)30(48)40-26-33(50)43-27(35(51)52)21(16-54-34(26)43)17-55-36-42-41-32(56-36)31(49)37-12-14-53-15-13-44/h2-11,25-26,34,44-45H,12-17H2,1H3,(H,37,49)(H,38,46)(H,39,47)(H,40,48)(H,51,52)/t25?,26?,34-/m0/s1. The van der Waals surface area contributed by atoms with Crippen molar-refractivity contribution in [3.05, 3.63) is 104 Å². The summed E-state index contributed by atoms with van der Waals surface area (Å²) in [4.78, 5) is 82.4. The fourth-order valence-corrected chi connectivity index (χ4v) is 9.00. The van der Waals surface area contributed by atoms with Gasteiger partial charge < -0.3 is 41.0 Å². The molecule has 7 N–H and O–H groups in total. The number of aliphatic hydroxyl groups is 1. The number of ether oxygens (including phenoxy) is 1. The summed E-state index contributed by atoms with van der Waals surface area (Å²) in [5.74, 6) is -3.90. The average Bonchev–Trinajstić information content (AvgIpc) is 3.67. The highest BCUT2D eigenvalue weighted by Crippen LogP contribution is 2.42. The minimum atomic E-state index is -1.41. The monoisotopic (exact) mass is 821 g/mol. The van der Waals surface area contributed by atoms with Crippen molar-refractivity contribution < 1.29 is 44.0 Å². The van der Waals surface area contributed by atoms with Crippen molar-refractivity contribution in [1.29, 1.82) is 0 Å². The first-order valence-corrected chi connectivity index (χ1v) is 19.8. The van der Waals surface area contributed by atoms with Crippen LogP contribution in [0.2, 0.25) is 0 Å². The number of thioether (sulfide) groups is 2. The summed E-state index contributed by atoms with van der Waals surface area (Å²) in [6.45, 7) is 2.36. The van der Waals surface area contributed by atoms with Crippen LogP contribution >= 0.6 is 34.9 Å². The van der Waals surface area contributed by atoms with Crippen molar-refractivity contribution in [2.24, 2.45) is 0 Å². The van der Waals surface area contributed by atoms with E-state index in [1.807, 2.05) is 31.2 Å². The number of aliphatic carboxylic acids is 1. The molecule has 2 aromatic heterocycles. The second kappa shape index (κ2) is 17.9. The number of aromatic hydroxyl groups is 1. The van der Waals surface area contributed by atoms with Gasteiger partial charge in [0.25, 0.3) is 23.3 Å². The number of nitrogens with one attached hydrogen (secondary N) is 4. The molecule has 4 aromatic rings. The van der Waals surface area contributed by atoms with Gasteiger partial charge in [-0.15, -0.1) is 22.0 Å². The van der Waals surface area contributed by atoms with Gasteiger partial charge in [0, 0.05) is 23.7 Å². The summed E-state index contributed by atoms with van der Waals surface area (Å²) in [7, 11) is 0. The van der Waals surface area contributed by atoms with E-state index >= 15 is 0 Å². The summed E-state index contributed by atoms with van der Waals surface area (Å²) in [6.07, 6.45) is 0. The van der Waals surface area contributed by atoms with Crippen LogP contribution in [0.3, 0.4) is 0 Å². The molecule has 2 aromatic carbocycles. The molecular formula is C36H35N7O10S3. The van der Waals surface area contributed by atoms with E-state index in [1.165, 1.54) is 42.1 Å². The Morgan fingerprint density at radius 3 is 2.46 bits per heavy atom. The van der Waals surface area contributed by atoms with Crippen LogP contribution in [0.25, 0.3) is 11.3 Å². The fraction of sp³-hybridized carbons (Fsp3) is 0.278. The number of aromatic nitrogens is 3. The molecule has 0 bridgehead atoms. The molecule has 6 rings (SSSR count). The molecule has 0 radical (unpaired) electrons. The number of carboxylic acid groups (broad SMARTS) is 1. The van der Waals surface area contributed by atoms with Gasteiger partial charge in [0.15, 0.2) is 4.34 Å². The predicted molar refractivity (Wildman–Crippen MR) is 206 cm³/mol. The third kappa shape index (κ3) is 9.11. The Hall–Kier alpha value is -5.54. The van der Waals surface area contributed by atoms with E-state index < -0.39 is 52.6 Å². The van der Waals surface area contributed by atoms with Gasteiger partial charge in [0.2, 0.25) is 10.9 Å². The Morgan fingerprint density at radius 2 is 1.77 bits per heavy atom. The molecule has 17 nitrogen and oxygen atoms in total. The van der Waals surface area contributed by atoms with E-state index in [4.69, 9.17) is 9.84 Å². The number of fused-ring (bicyclic) bond motifs is 1. The smallest absolute Gasteiger partial charge is 0.352 e. The van der Waals surface area contributed by atoms with Gasteiger partial charge in [0.05, 0.1) is 19.8 Å². The van der Waals surface area contributed by atoms with Gasteiger partial charge in [-0.2, -0.15) is 0 Å². The van der Waals surface area contributed by atoms with Gasteiger partial charge in [-0.05, 0) is 47.9 Å². The Balaban J connectivity index is 1.12. The lowest BCUT2D eigenvalue weighted by atomic mass is 10.0. The van der Waals surface area contributed by atoms with Gasteiger partial charge in [-0.3, -0.25) is 28.9 Å². The lowest BCUT2D eigenvalue weighted by Crippen LogP contribution is -2.71. The Morgan fingerprint density at radius 1 is 1.02 bits per heavy atom. The number of aryl methyl sites for hydroxylation is 1. The van der Waals surface area contributed by atoms with E-state index in [2.05, 4.69) is 31.1 Å². The number of carbonyl (C=O) groups excluding carboxylic acids is 4. The fourth-order valence-electron chi connectivity index (χ4n) is 5.75. The second-order valence-corrected chi connectivity index (χ2v) is 15.7. The number of hydrogen-bond donors (Lipinski definition) is 7. The SMILES string of the molecule is Cc1ccc(-c2ccc(C(=O)NC(C(=O)NC3C(=O)N4C(C(=O)O)=C(CSc5nnc(C(=O)NCCOCCO)s5)CS[C@@H]34)c3ccc(O)cc3)c(=O)[nH]2)cc1. The van der Waals surface area contributed by atoms with E-state index in [-0.39, 0.29) is 65.5 Å². The number of pyridine rings is 1. The first kappa shape index (κ1) is 40.1. The van der Waals surface area contributed by atoms with E-state index in [9.17, 15) is 39.0 Å². The number of hydrogen-bond acceptors (Lipinski definition) is 14. The zero-order valence-corrected chi connectivity index (χ0v) is 32.0. The minimum Gasteiger partial charge on any atom is -0.508 e. The highest BCUT2D eigenvalue weighted by molar-refractivity contribution is 8.01. The number of aromatic amines is 1. The summed E-state index contributed by atoms with van der Waals surface area (Å²) in [6, 6.07) is 13.2. The zero-order chi connectivity index (χ0) is 39.9. The minimum absolute atomic E-state index is 0.0957. The van der Waals surface area contributed by atoms with Crippen LogP contribution in [0.5, 0.6) is 5.75 Å². The number of aliphatic hydroxyl groups excluding tert-OH is 1. The van der Waals surface area contributed by atoms with Crippen molar-refractivity contribution in [3.8, 4) is 17.0 Å². The molecule has 1 fully saturated rings. The highest BCUT2D eigenvalue weighted by Gasteiger charge is 2.54. The molecule has 4 amide bonds. The van der Waals surface area contributed by atoms with E-state index in [0.717, 1.165) is 39.1 Å². The molecule has 2 aliphatic rings. The maximum absolute atomic E-state index is 13.8. The van der Waals surface area contributed by atoms with Gasteiger partial charge >= 0.3 is 5.97 Å². The number of nitrogens with zero attached hydrogens (tertiary/aromatic N) is 3. The molecule has 56 heavy (non-hydrogen) atoms. The summed E-state index contributed by atoms with van der Waals surface area (Å²) >= 11 is 3.42. The number of carboxylic acids is 1. The molecule has 0 spiro atoms. The molecule has 20 heteroatoms. The van der Waals surface area contributed by atoms with Gasteiger partial charge in [0.1, 0.15) is 34.5 Å². The molecule has 2 unspecified atom stereocenters. The largest absolute Gasteiger partial charge is 0.508 e. The molecule has 0 saturated carbocycles.